The first kappa shape index (κ1) is 11.7. The van der Waals surface area contributed by atoms with Crippen molar-refractivity contribution in [2.45, 2.75) is 43.4 Å². The van der Waals surface area contributed by atoms with Crippen molar-refractivity contribution in [3.8, 4) is 0 Å². The van der Waals surface area contributed by atoms with Gasteiger partial charge in [-0.05, 0) is 56.7 Å². The van der Waals surface area contributed by atoms with Gasteiger partial charge in [-0.3, -0.25) is 0 Å². The molecule has 3 heteroatoms. The largest absolute Gasteiger partial charge is 0.330 e. The Hall–Kier alpha value is 0.270. The fraction of sp³-hybridized carbons (Fsp3) is 1.00. The van der Waals surface area contributed by atoms with Crippen LogP contribution in [0.2, 0.25) is 0 Å². The molecule has 2 fully saturated rings. The van der Waals surface area contributed by atoms with Gasteiger partial charge < -0.3 is 11.1 Å². The highest BCUT2D eigenvalue weighted by Gasteiger charge is 2.32. The fourth-order valence-corrected chi connectivity index (χ4v) is 3.76. The van der Waals surface area contributed by atoms with E-state index in [1.54, 1.807) is 0 Å². The predicted molar refractivity (Wildman–Crippen MR) is 68.2 cm³/mol. The van der Waals surface area contributed by atoms with Crippen molar-refractivity contribution in [3.63, 3.8) is 0 Å². The van der Waals surface area contributed by atoms with Crippen LogP contribution in [0.1, 0.15) is 32.1 Å². The van der Waals surface area contributed by atoms with Crippen molar-refractivity contribution in [2.24, 2.45) is 17.6 Å². The molecule has 2 aliphatic rings. The molecule has 0 spiro atoms. The molecule has 1 saturated heterocycles. The first-order chi connectivity index (χ1) is 7.33. The van der Waals surface area contributed by atoms with Crippen LogP contribution in [0.15, 0.2) is 0 Å². The van der Waals surface area contributed by atoms with Gasteiger partial charge in [-0.15, -0.1) is 0 Å². The summed E-state index contributed by atoms with van der Waals surface area (Å²) in [6.45, 7) is 2.13. The zero-order valence-corrected chi connectivity index (χ0v) is 10.6. The lowest BCUT2D eigenvalue weighted by atomic mass is 9.78. The van der Waals surface area contributed by atoms with E-state index in [-0.39, 0.29) is 0 Å². The molecule has 2 unspecified atom stereocenters. The summed E-state index contributed by atoms with van der Waals surface area (Å²) in [6, 6.07) is 0.807. The molecular formula is C12H24N2S. The van der Waals surface area contributed by atoms with Crippen LogP contribution in [0.3, 0.4) is 0 Å². The van der Waals surface area contributed by atoms with E-state index in [0.717, 1.165) is 29.7 Å². The number of hydrogen-bond acceptors (Lipinski definition) is 3. The quantitative estimate of drug-likeness (QED) is 0.774. The zero-order chi connectivity index (χ0) is 10.7. The van der Waals surface area contributed by atoms with E-state index < -0.39 is 0 Å². The van der Waals surface area contributed by atoms with Gasteiger partial charge in [-0.2, -0.15) is 11.8 Å². The Balaban J connectivity index is 1.76. The molecule has 1 aliphatic carbocycles. The monoisotopic (exact) mass is 228 g/mol. The van der Waals surface area contributed by atoms with E-state index in [0.29, 0.717) is 0 Å². The van der Waals surface area contributed by atoms with Crippen LogP contribution in [-0.4, -0.2) is 30.6 Å². The molecule has 0 aromatic heterocycles. The Morgan fingerprint density at radius 3 is 2.53 bits per heavy atom. The van der Waals surface area contributed by atoms with Crippen LogP contribution < -0.4 is 11.1 Å². The lowest BCUT2D eigenvalue weighted by Gasteiger charge is -2.31. The fourth-order valence-electron chi connectivity index (χ4n) is 3.10. The Bertz CT molecular complexity index is 190. The summed E-state index contributed by atoms with van der Waals surface area (Å²) in [5.74, 6) is 1.75. The van der Waals surface area contributed by atoms with Crippen LogP contribution in [0.4, 0.5) is 0 Å². The Morgan fingerprint density at radius 1 is 1.27 bits per heavy atom. The van der Waals surface area contributed by atoms with Gasteiger partial charge in [0.05, 0.1) is 0 Å². The summed E-state index contributed by atoms with van der Waals surface area (Å²) in [5, 5.41) is 4.57. The minimum Gasteiger partial charge on any atom is -0.330 e. The highest BCUT2D eigenvalue weighted by Crippen LogP contribution is 2.34. The van der Waals surface area contributed by atoms with E-state index in [9.17, 15) is 0 Å². The van der Waals surface area contributed by atoms with Gasteiger partial charge in [0.1, 0.15) is 0 Å². The molecule has 3 N–H and O–H groups in total. The molecule has 15 heavy (non-hydrogen) atoms. The minimum absolute atomic E-state index is 0.807. The van der Waals surface area contributed by atoms with Crippen molar-refractivity contribution >= 4 is 11.8 Å². The van der Waals surface area contributed by atoms with Crippen molar-refractivity contribution in [3.05, 3.63) is 0 Å². The van der Waals surface area contributed by atoms with Gasteiger partial charge in [-0.1, -0.05) is 0 Å². The highest BCUT2D eigenvalue weighted by atomic mass is 32.2. The normalized spacial score (nSPS) is 42.0. The number of rotatable bonds is 3. The van der Waals surface area contributed by atoms with Gasteiger partial charge in [0, 0.05) is 17.8 Å². The molecule has 0 aromatic rings. The second-order valence-electron chi connectivity index (χ2n) is 5.12. The summed E-state index contributed by atoms with van der Waals surface area (Å²) in [5.41, 5.74) is 5.73. The van der Waals surface area contributed by atoms with E-state index in [4.69, 9.17) is 5.73 Å². The summed E-state index contributed by atoms with van der Waals surface area (Å²) < 4.78 is 0. The van der Waals surface area contributed by atoms with Crippen LogP contribution in [0.5, 0.6) is 0 Å². The van der Waals surface area contributed by atoms with Crippen LogP contribution >= 0.6 is 11.8 Å². The molecular weight excluding hydrogens is 204 g/mol. The predicted octanol–water partition coefficient (Wildman–Crippen LogP) is 1.84. The van der Waals surface area contributed by atoms with Gasteiger partial charge in [-0.25, -0.2) is 0 Å². The SMILES string of the molecule is CSC1CNC(C2CCC(CN)CC2)C1. The van der Waals surface area contributed by atoms with Crippen molar-refractivity contribution in [1.82, 2.24) is 5.32 Å². The van der Waals surface area contributed by atoms with E-state index in [1.165, 1.54) is 38.6 Å². The third-order valence-corrected chi connectivity index (χ3v) is 5.28. The molecule has 1 aliphatic heterocycles. The third-order valence-electron chi connectivity index (χ3n) is 4.25. The van der Waals surface area contributed by atoms with Gasteiger partial charge in [0.25, 0.3) is 0 Å². The standard InChI is InChI=1S/C12H24N2S/c1-15-11-6-12(14-8-11)10-4-2-9(7-13)3-5-10/h9-12,14H,2-8,13H2,1H3. The molecule has 0 aromatic carbocycles. The first-order valence-electron chi connectivity index (χ1n) is 6.29. The smallest absolute Gasteiger partial charge is 0.0184 e. The van der Waals surface area contributed by atoms with Crippen molar-refractivity contribution in [2.75, 3.05) is 19.3 Å². The maximum absolute atomic E-state index is 5.73. The summed E-state index contributed by atoms with van der Waals surface area (Å²) in [7, 11) is 0. The molecule has 0 radical (unpaired) electrons. The highest BCUT2D eigenvalue weighted by molar-refractivity contribution is 7.99. The summed E-state index contributed by atoms with van der Waals surface area (Å²) in [4.78, 5) is 0. The lowest BCUT2D eigenvalue weighted by molar-refractivity contribution is 0.236. The summed E-state index contributed by atoms with van der Waals surface area (Å²) in [6.07, 6.45) is 9.16. The second kappa shape index (κ2) is 5.55. The molecule has 2 nitrogen and oxygen atoms in total. The maximum Gasteiger partial charge on any atom is 0.0184 e. The third kappa shape index (κ3) is 2.89. The Kier molecular flexibility index (Phi) is 4.35. The topological polar surface area (TPSA) is 38.0 Å². The van der Waals surface area contributed by atoms with Crippen LogP contribution in [0, 0.1) is 11.8 Å². The molecule has 2 rings (SSSR count). The lowest BCUT2D eigenvalue weighted by Crippen LogP contribution is -2.34. The minimum atomic E-state index is 0.807. The van der Waals surface area contributed by atoms with E-state index >= 15 is 0 Å². The van der Waals surface area contributed by atoms with E-state index in [1.807, 2.05) is 11.8 Å². The van der Waals surface area contributed by atoms with Crippen molar-refractivity contribution in [1.29, 1.82) is 0 Å². The number of nitrogens with two attached hydrogens (primary N) is 1. The zero-order valence-electron chi connectivity index (χ0n) is 9.74. The Labute approximate surface area is 97.8 Å². The summed E-state index contributed by atoms with van der Waals surface area (Å²) >= 11 is 2.02. The van der Waals surface area contributed by atoms with E-state index in [2.05, 4.69) is 11.6 Å². The van der Waals surface area contributed by atoms with Crippen LogP contribution in [0.25, 0.3) is 0 Å². The van der Waals surface area contributed by atoms with Crippen molar-refractivity contribution < 1.29 is 0 Å². The number of nitrogens with one attached hydrogen (secondary N) is 1. The average Bonchev–Trinajstić information content (AvgIpc) is 2.78. The molecule has 88 valence electrons. The number of hydrogen-bond donors (Lipinski definition) is 2. The molecule has 0 bridgehead atoms. The first-order valence-corrected chi connectivity index (χ1v) is 7.58. The van der Waals surface area contributed by atoms with Gasteiger partial charge >= 0.3 is 0 Å². The molecule has 1 saturated carbocycles. The number of thioether (sulfide) groups is 1. The average molecular weight is 228 g/mol. The van der Waals surface area contributed by atoms with Gasteiger partial charge in [0.2, 0.25) is 0 Å². The molecule has 0 amide bonds. The van der Waals surface area contributed by atoms with Gasteiger partial charge in [0.15, 0.2) is 0 Å². The maximum atomic E-state index is 5.73. The van der Waals surface area contributed by atoms with Crippen LogP contribution in [-0.2, 0) is 0 Å². The molecule has 2 atom stereocenters. The second-order valence-corrected chi connectivity index (χ2v) is 6.26. The molecule has 1 heterocycles. The Morgan fingerprint density at radius 2 is 2.00 bits per heavy atom.